The first-order valence-electron chi connectivity index (χ1n) is 7.32. The summed E-state index contributed by atoms with van der Waals surface area (Å²) in [5.74, 6) is -1.40. The Kier molecular flexibility index (Phi) is 6.32. The highest BCUT2D eigenvalue weighted by Crippen LogP contribution is 2.15. The molecule has 0 aromatic heterocycles. The molecule has 0 amide bonds. The Morgan fingerprint density at radius 3 is 2.29 bits per heavy atom. The topological polar surface area (TPSA) is 43.4 Å². The molecular formula is C19H17FO3S. The highest BCUT2D eigenvalue weighted by atomic mass is 32.2. The van der Waals surface area contributed by atoms with Gasteiger partial charge in [0.25, 0.3) is 0 Å². The minimum absolute atomic E-state index is 0.299. The van der Waals surface area contributed by atoms with Gasteiger partial charge in [-0.3, -0.25) is 4.79 Å². The van der Waals surface area contributed by atoms with Crippen LogP contribution in [-0.2, 0) is 9.53 Å². The van der Waals surface area contributed by atoms with E-state index in [0.717, 1.165) is 10.5 Å². The standard InChI is InChI=1S/C19H17FO3S/c1-13(19(22)15-6-8-16(20)9-7-15)23-18(21)12-5-14-3-10-17(24-2)11-4-14/h3-13H,1-2H3/b12-5+/t13-/m1/s1. The van der Waals surface area contributed by atoms with Gasteiger partial charge in [0.05, 0.1) is 0 Å². The molecule has 2 aromatic carbocycles. The van der Waals surface area contributed by atoms with Crippen LogP contribution in [0.4, 0.5) is 4.39 Å². The maximum absolute atomic E-state index is 12.9. The van der Waals surface area contributed by atoms with Gasteiger partial charge >= 0.3 is 5.97 Å². The summed E-state index contributed by atoms with van der Waals surface area (Å²) in [7, 11) is 0. The van der Waals surface area contributed by atoms with Gasteiger partial charge < -0.3 is 4.74 Å². The van der Waals surface area contributed by atoms with E-state index in [1.807, 2.05) is 30.5 Å². The molecule has 0 fully saturated rings. The molecule has 0 N–H and O–H groups in total. The van der Waals surface area contributed by atoms with Crippen molar-refractivity contribution in [2.24, 2.45) is 0 Å². The average molecular weight is 344 g/mol. The molecule has 1 atom stereocenters. The number of ether oxygens (including phenoxy) is 1. The first kappa shape index (κ1) is 17.9. The Labute approximate surface area is 144 Å². The van der Waals surface area contributed by atoms with Crippen LogP contribution in [0.1, 0.15) is 22.8 Å². The lowest BCUT2D eigenvalue weighted by molar-refractivity contribution is -0.140. The first-order chi connectivity index (χ1) is 11.5. The number of ketones is 1. The molecule has 0 spiro atoms. The van der Waals surface area contributed by atoms with Gasteiger partial charge in [-0.2, -0.15) is 0 Å². The van der Waals surface area contributed by atoms with Crippen molar-refractivity contribution in [1.29, 1.82) is 0 Å². The van der Waals surface area contributed by atoms with Crippen LogP contribution in [0.3, 0.4) is 0 Å². The summed E-state index contributed by atoms with van der Waals surface area (Å²) in [4.78, 5) is 25.1. The van der Waals surface area contributed by atoms with E-state index in [4.69, 9.17) is 4.74 Å². The highest BCUT2D eigenvalue weighted by molar-refractivity contribution is 7.98. The SMILES string of the molecule is CSc1ccc(/C=C/C(=O)O[C@H](C)C(=O)c2ccc(F)cc2)cc1. The predicted octanol–water partition coefficient (Wildman–Crippen LogP) is 4.38. The Morgan fingerprint density at radius 2 is 1.71 bits per heavy atom. The second kappa shape index (κ2) is 8.45. The number of benzene rings is 2. The van der Waals surface area contributed by atoms with Crippen molar-refractivity contribution in [3.05, 3.63) is 71.6 Å². The average Bonchev–Trinajstić information content (AvgIpc) is 2.60. The molecule has 0 aliphatic rings. The number of esters is 1. The minimum atomic E-state index is -0.938. The van der Waals surface area contributed by atoms with Crippen molar-refractivity contribution in [3.63, 3.8) is 0 Å². The van der Waals surface area contributed by atoms with Gasteiger partial charge in [0.1, 0.15) is 5.82 Å². The molecule has 124 valence electrons. The fourth-order valence-corrected chi connectivity index (χ4v) is 2.40. The number of halogens is 1. The van der Waals surface area contributed by atoms with E-state index < -0.39 is 17.9 Å². The molecular weight excluding hydrogens is 327 g/mol. The maximum atomic E-state index is 12.9. The Morgan fingerprint density at radius 1 is 1.08 bits per heavy atom. The number of hydrogen-bond acceptors (Lipinski definition) is 4. The Bertz CT molecular complexity index is 736. The third-order valence-electron chi connectivity index (χ3n) is 3.32. The summed E-state index contributed by atoms with van der Waals surface area (Å²) in [5.41, 5.74) is 1.16. The lowest BCUT2D eigenvalue weighted by Crippen LogP contribution is -2.23. The zero-order chi connectivity index (χ0) is 17.5. The van der Waals surface area contributed by atoms with E-state index in [1.54, 1.807) is 17.8 Å². The van der Waals surface area contributed by atoms with Crippen LogP contribution in [-0.4, -0.2) is 24.1 Å². The third kappa shape index (κ3) is 5.06. The summed E-state index contributed by atoms with van der Waals surface area (Å²) >= 11 is 1.64. The summed E-state index contributed by atoms with van der Waals surface area (Å²) in [6.45, 7) is 1.49. The molecule has 0 radical (unpaired) electrons. The molecule has 2 rings (SSSR count). The second-order valence-electron chi connectivity index (χ2n) is 5.06. The fourth-order valence-electron chi connectivity index (χ4n) is 2.00. The van der Waals surface area contributed by atoms with Crippen molar-refractivity contribution in [2.75, 3.05) is 6.26 Å². The summed E-state index contributed by atoms with van der Waals surface area (Å²) in [6, 6.07) is 12.8. The van der Waals surface area contributed by atoms with Crippen LogP contribution >= 0.6 is 11.8 Å². The third-order valence-corrected chi connectivity index (χ3v) is 4.06. The van der Waals surface area contributed by atoms with Gasteiger partial charge in [0.2, 0.25) is 5.78 Å². The number of thioether (sulfide) groups is 1. The van der Waals surface area contributed by atoms with E-state index in [0.29, 0.717) is 5.56 Å². The number of rotatable bonds is 6. The predicted molar refractivity (Wildman–Crippen MR) is 93.5 cm³/mol. The quantitative estimate of drug-likeness (QED) is 0.338. The maximum Gasteiger partial charge on any atom is 0.331 e. The van der Waals surface area contributed by atoms with Gasteiger partial charge in [0.15, 0.2) is 6.10 Å². The first-order valence-corrected chi connectivity index (χ1v) is 8.54. The van der Waals surface area contributed by atoms with Crippen LogP contribution in [0.25, 0.3) is 6.08 Å². The van der Waals surface area contributed by atoms with Crippen LogP contribution in [0.15, 0.2) is 59.5 Å². The van der Waals surface area contributed by atoms with E-state index in [2.05, 4.69) is 0 Å². The summed E-state index contributed by atoms with van der Waals surface area (Å²) in [6.07, 6.45) is 3.96. The molecule has 0 heterocycles. The fraction of sp³-hybridized carbons (Fsp3) is 0.158. The summed E-state index contributed by atoms with van der Waals surface area (Å²) in [5, 5.41) is 0. The van der Waals surface area contributed by atoms with Gasteiger partial charge in [-0.1, -0.05) is 12.1 Å². The Hall–Kier alpha value is -2.40. The number of carbonyl (C=O) groups excluding carboxylic acids is 2. The van der Waals surface area contributed by atoms with Gasteiger partial charge in [0, 0.05) is 16.5 Å². The second-order valence-corrected chi connectivity index (χ2v) is 5.94. The van der Waals surface area contributed by atoms with Crippen molar-refractivity contribution in [3.8, 4) is 0 Å². The molecule has 2 aromatic rings. The largest absolute Gasteiger partial charge is 0.451 e. The molecule has 0 aliphatic heterocycles. The molecule has 5 heteroatoms. The van der Waals surface area contributed by atoms with E-state index >= 15 is 0 Å². The van der Waals surface area contributed by atoms with Crippen molar-refractivity contribution >= 4 is 29.6 Å². The highest BCUT2D eigenvalue weighted by Gasteiger charge is 2.18. The molecule has 0 aliphatic carbocycles. The zero-order valence-electron chi connectivity index (χ0n) is 13.4. The van der Waals surface area contributed by atoms with Gasteiger partial charge in [-0.25, -0.2) is 9.18 Å². The van der Waals surface area contributed by atoms with Gasteiger partial charge in [-0.15, -0.1) is 11.8 Å². The smallest absolute Gasteiger partial charge is 0.331 e. The molecule has 0 unspecified atom stereocenters. The molecule has 0 bridgehead atoms. The van der Waals surface area contributed by atoms with E-state index in [9.17, 15) is 14.0 Å². The number of Topliss-reactive ketones (excluding diaryl/α,β-unsaturated/α-hetero) is 1. The van der Waals surface area contributed by atoms with Crippen LogP contribution < -0.4 is 0 Å². The monoisotopic (exact) mass is 344 g/mol. The molecule has 24 heavy (non-hydrogen) atoms. The number of hydrogen-bond donors (Lipinski definition) is 0. The summed E-state index contributed by atoms with van der Waals surface area (Å²) < 4.78 is 18.0. The van der Waals surface area contributed by atoms with Crippen LogP contribution in [0, 0.1) is 5.82 Å². The normalized spacial score (nSPS) is 12.1. The van der Waals surface area contributed by atoms with E-state index in [1.165, 1.54) is 37.3 Å². The lowest BCUT2D eigenvalue weighted by Gasteiger charge is -2.10. The molecule has 3 nitrogen and oxygen atoms in total. The van der Waals surface area contributed by atoms with Crippen LogP contribution in [0.5, 0.6) is 0 Å². The zero-order valence-corrected chi connectivity index (χ0v) is 14.2. The Balaban J connectivity index is 1.93. The van der Waals surface area contributed by atoms with Gasteiger partial charge in [-0.05, 0) is 61.2 Å². The molecule has 0 saturated carbocycles. The van der Waals surface area contributed by atoms with Crippen LogP contribution in [0.2, 0.25) is 0 Å². The molecule has 0 saturated heterocycles. The lowest BCUT2D eigenvalue weighted by atomic mass is 10.1. The van der Waals surface area contributed by atoms with Crippen molar-refractivity contribution in [1.82, 2.24) is 0 Å². The van der Waals surface area contributed by atoms with E-state index in [-0.39, 0.29) is 5.78 Å². The minimum Gasteiger partial charge on any atom is -0.451 e. The van der Waals surface area contributed by atoms with Crippen molar-refractivity contribution in [2.45, 2.75) is 17.9 Å². The number of carbonyl (C=O) groups is 2. The van der Waals surface area contributed by atoms with Crippen molar-refractivity contribution < 1.29 is 18.7 Å².